The Kier molecular flexibility index (Phi) is 3.19. The number of nitrogens with one attached hydrogen (secondary N) is 1. The third-order valence-corrected chi connectivity index (χ3v) is 2.75. The smallest absolute Gasteiger partial charge is 0.142 e. The van der Waals surface area contributed by atoms with E-state index in [1.165, 1.54) is 0 Å². The van der Waals surface area contributed by atoms with Gasteiger partial charge >= 0.3 is 0 Å². The third-order valence-electron chi connectivity index (χ3n) is 2.75. The van der Waals surface area contributed by atoms with E-state index >= 15 is 0 Å². The summed E-state index contributed by atoms with van der Waals surface area (Å²) in [7, 11) is 1.66. The van der Waals surface area contributed by atoms with Crippen LogP contribution in [0, 0.1) is 6.92 Å². The lowest BCUT2D eigenvalue weighted by Gasteiger charge is -2.13. The van der Waals surface area contributed by atoms with E-state index < -0.39 is 0 Å². The fourth-order valence-electron chi connectivity index (χ4n) is 1.68. The van der Waals surface area contributed by atoms with Gasteiger partial charge in [0.05, 0.1) is 12.8 Å². The van der Waals surface area contributed by atoms with Crippen LogP contribution in [0.15, 0.2) is 42.5 Å². The lowest BCUT2D eigenvalue weighted by molar-refractivity contribution is 0.417. The van der Waals surface area contributed by atoms with Crippen molar-refractivity contribution in [3.8, 4) is 5.75 Å². The van der Waals surface area contributed by atoms with Gasteiger partial charge in [0.2, 0.25) is 0 Å². The van der Waals surface area contributed by atoms with Crippen LogP contribution in [-0.2, 0) is 0 Å². The topological polar surface area (TPSA) is 47.3 Å². The van der Waals surface area contributed by atoms with Gasteiger partial charge in [-0.15, -0.1) is 0 Å². The predicted octanol–water partition coefficient (Wildman–Crippen LogP) is 3.33. The van der Waals surface area contributed by atoms with E-state index in [1.807, 2.05) is 49.4 Å². The second-order valence-electron chi connectivity index (χ2n) is 3.85. The van der Waals surface area contributed by atoms with Crippen LogP contribution in [0.1, 0.15) is 5.56 Å². The zero-order valence-corrected chi connectivity index (χ0v) is 10.0. The third kappa shape index (κ3) is 2.33. The van der Waals surface area contributed by atoms with Gasteiger partial charge in [0.25, 0.3) is 0 Å². The molecule has 17 heavy (non-hydrogen) atoms. The molecule has 0 bridgehead atoms. The molecule has 0 spiro atoms. The zero-order chi connectivity index (χ0) is 12.3. The molecule has 2 aromatic rings. The van der Waals surface area contributed by atoms with Gasteiger partial charge in [0, 0.05) is 11.4 Å². The molecule has 0 saturated carbocycles. The number of hydrogen-bond donors (Lipinski definition) is 2. The molecule has 0 heterocycles. The Hall–Kier alpha value is -2.16. The van der Waals surface area contributed by atoms with E-state index in [4.69, 9.17) is 10.5 Å². The lowest BCUT2D eigenvalue weighted by atomic mass is 10.1. The minimum atomic E-state index is 0.782. The standard InChI is InChI=1S/C14H16N2O/c1-10-11(15)6-5-8-12(10)16-13-7-3-4-9-14(13)17-2/h3-9,16H,15H2,1-2H3. The largest absolute Gasteiger partial charge is 0.495 e. The highest BCUT2D eigenvalue weighted by Crippen LogP contribution is 2.29. The molecule has 2 rings (SSSR count). The summed E-state index contributed by atoms with van der Waals surface area (Å²) < 4.78 is 5.29. The highest BCUT2D eigenvalue weighted by Gasteiger charge is 2.05. The maximum absolute atomic E-state index is 5.87. The number of ether oxygens (including phenoxy) is 1. The fraction of sp³-hybridized carbons (Fsp3) is 0.143. The first-order valence-electron chi connectivity index (χ1n) is 5.47. The zero-order valence-electron chi connectivity index (χ0n) is 10.0. The summed E-state index contributed by atoms with van der Waals surface area (Å²) in [5.74, 6) is 0.814. The molecule has 3 nitrogen and oxygen atoms in total. The van der Waals surface area contributed by atoms with Gasteiger partial charge in [-0.25, -0.2) is 0 Å². The summed E-state index contributed by atoms with van der Waals surface area (Å²) in [4.78, 5) is 0. The molecule has 0 atom stereocenters. The number of rotatable bonds is 3. The van der Waals surface area contributed by atoms with E-state index in [-0.39, 0.29) is 0 Å². The predicted molar refractivity (Wildman–Crippen MR) is 71.9 cm³/mol. The van der Waals surface area contributed by atoms with Gasteiger partial charge in [-0.1, -0.05) is 18.2 Å². The summed E-state index contributed by atoms with van der Waals surface area (Å²) in [5.41, 5.74) is 9.62. The van der Waals surface area contributed by atoms with Crippen LogP contribution in [0.25, 0.3) is 0 Å². The molecule has 0 aliphatic carbocycles. The molecule has 0 aliphatic rings. The molecule has 88 valence electrons. The van der Waals surface area contributed by atoms with Crippen molar-refractivity contribution in [2.24, 2.45) is 0 Å². The first-order valence-corrected chi connectivity index (χ1v) is 5.47. The van der Waals surface area contributed by atoms with Gasteiger partial charge in [-0.3, -0.25) is 0 Å². The van der Waals surface area contributed by atoms with Crippen LogP contribution in [0.5, 0.6) is 5.75 Å². The monoisotopic (exact) mass is 228 g/mol. The molecule has 2 aromatic carbocycles. The minimum absolute atomic E-state index is 0.782. The van der Waals surface area contributed by atoms with Gasteiger partial charge in [-0.05, 0) is 36.8 Å². The number of nitrogens with two attached hydrogens (primary N) is 1. The Bertz CT molecular complexity index is 523. The van der Waals surface area contributed by atoms with E-state index in [1.54, 1.807) is 7.11 Å². The fourth-order valence-corrected chi connectivity index (χ4v) is 1.68. The molecule has 0 unspecified atom stereocenters. The SMILES string of the molecule is COc1ccccc1Nc1cccc(N)c1C. The number of anilines is 3. The summed E-state index contributed by atoms with van der Waals surface area (Å²) in [6.07, 6.45) is 0. The molecule has 3 N–H and O–H groups in total. The Balaban J connectivity index is 2.35. The maximum atomic E-state index is 5.87. The average Bonchev–Trinajstić information content (AvgIpc) is 2.35. The molecule has 0 saturated heterocycles. The van der Waals surface area contributed by atoms with E-state index in [0.29, 0.717) is 0 Å². The summed E-state index contributed by atoms with van der Waals surface area (Å²) in [5, 5.41) is 3.33. The van der Waals surface area contributed by atoms with Crippen LogP contribution in [0.3, 0.4) is 0 Å². The van der Waals surface area contributed by atoms with Crippen molar-refractivity contribution in [1.82, 2.24) is 0 Å². The molecule has 0 fully saturated rings. The number of hydrogen-bond acceptors (Lipinski definition) is 3. The van der Waals surface area contributed by atoms with Crippen LogP contribution < -0.4 is 15.8 Å². The van der Waals surface area contributed by atoms with E-state index in [0.717, 1.165) is 28.4 Å². The maximum Gasteiger partial charge on any atom is 0.142 e. The van der Waals surface area contributed by atoms with Crippen LogP contribution in [0.4, 0.5) is 17.1 Å². The van der Waals surface area contributed by atoms with E-state index in [2.05, 4.69) is 5.32 Å². The van der Waals surface area contributed by atoms with Gasteiger partial charge in [0.15, 0.2) is 0 Å². The Morgan fingerprint density at radius 3 is 2.47 bits per heavy atom. The second-order valence-corrected chi connectivity index (χ2v) is 3.85. The molecule has 0 amide bonds. The summed E-state index contributed by atoms with van der Waals surface area (Å²) in [6, 6.07) is 13.6. The van der Waals surface area contributed by atoms with Crippen LogP contribution in [-0.4, -0.2) is 7.11 Å². The molecular weight excluding hydrogens is 212 g/mol. The Labute approximate surface area is 101 Å². The molecule has 0 radical (unpaired) electrons. The van der Waals surface area contributed by atoms with Crippen LogP contribution >= 0.6 is 0 Å². The molecule has 0 aliphatic heterocycles. The van der Waals surface area contributed by atoms with Crippen molar-refractivity contribution in [3.05, 3.63) is 48.0 Å². The van der Waals surface area contributed by atoms with Crippen molar-refractivity contribution in [3.63, 3.8) is 0 Å². The van der Waals surface area contributed by atoms with Crippen molar-refractivity contribution < 1.29 is 4.74 Å². The number of methoxy groups -OCH3 is 1. The van der Waals surface area contributed by atoms with Gasteiger partial charge in [0.1, 0.15) is 5.75 Å². The van der Waals surface area contributed by atoms with Crippen molar-refractivity contribution in [2.75, 3.05) is 18.2 Å². The van der Waals surface area contributed by atoms with E-state index in [9.17, 15) is 0 Å². The summed E-state index contributed by atoms with van der Waals surface area (Å²) in [6.45, 7) is 1.99. The summed E-state index contributed by atoms with van der Waals surface area (Å²) >= 11 is 0. The Morgan fingerprint density at radius 2 is 1.71 bits per heavy atom. The highest BCUT2D eigenvalue weighted by atomic mass is 16.5. The number of benzene rings is 2. The minimum Gasteiger partial charge on any atom is -0.495 e. The Morgan fingerprint density at radius 1 is 1.00 bits per heavy atom. The second kappa shape index (κ2) is 4.78. The first kappa shape index (κ1) is 11.3. The number of nitrogen functional groups attached to an aromatic ring is 1. The molecule has 0 aromatic heterocycles. The highest BCUT2D eigenvalue weighted by molar-refractivity contribution is 5.72. The molecule has 3 heteroatoms. The average molecular weight is 228 g/mol. The first-order chi connectivity index (χ1) is 8.22. The molecular formula is C14H16N2O. The van der Waals surface area contributed by atoms with Crippen LogP contribution in [0.2, 0.25) is 0 Å². The lowest BCUT2D eigenvalue weighted by Crippen LogP contribution is -1.98. The normalized spacial score (nSPS) is 10.0. The van der Waals surface area contributed by atoms with Crippen molar-refractivity contribution in [2.45, 2.75) is 6.92 Å². The van der Waals surface area contributed by atoms with Gasteiger partial charge in [-0.2, -0.15) is 0 Å². The van der Waals surface area contributed by atoms with Gasteiger partial charge < -0.3 is 15.8 Å². The van der Waals surface area contributed by atoms with Crippen molar-refractivity contribution in [1.29, 1.82) is 0 Å². The quantitative estimate of drug-likeness (QED) is 0.792. The number of para-hydroxylation sites is 2. The van der Waals surface area contributed by atoms with Crippen molar-refractivity contribution >= 4 is 17.1 Å².